The molecule has 0 bridgehead atoms. The van der Waals surface area contributed by atoms with Crippen LogP contribution in [0, 0.1) is 0 Å². The van der Waals surface area contributed by atoms with Crippen molar-refractivity contribution in [3.05, 3.63) is 82.5 Å². The van der Waals surface area contributed by atoms with E-state index in [-0.39, 0.29) is 18.0 Å². The Kier molecular flexibility index (Phi) is 5.36. The molecule has 2 aromatic heterocycles. The summed E-state index contributed by atoms with van der Waals surface area (Å²) in [4.78, 5) is 17.4. The highest BCUT2D eigenvalue weighted by atomic mass is 35.5. The summed E-state index contributed by atoms with van der Waals surface area (Å²) in [7, 11) is 0. The summed E-state index contributed by atoms with van der Waals surface area (Å²) < 4.78 is 41.9. The molecule has 0 saturated carbocycles. The first-order valence-electron chi connectivity index (χ1n) is 9.51. The van der Waals surface area contributed by atoms with E-state index in [9.17, 15) is 18.0 Å². The van der Waals surface area contributed by atoms with Crippen molar-refractivity contribution in [3.63, 3.8) is 0 Å². The highest BCUT2D eigenvalue weighted by molar-refractivity contribution is 5.85. The zero-order valence-corrected chi connectivity index (χ0v) is 17.0. The van der Waals surface area contributed by atoms with Gasteiger partial charge in [-0.2, -0.15) is 13.2 Å². The number of halogens is 4. The van der Waals surface area contributed by atoms with Gasteiger partial charge in [-0.15, -0.1) is 12.4 Å². The van der Waals surface area contributed by atoms with Crippen LogP contribution in [0.25, 0.3) is 27.8 Å². The molecule has 1 aliphatic rings. The third-order valence-electron chi connectivity index (χ3n) is 5.35. The summed E-state index contributed by atoms with van der Waals surface area (Å²) in [6.07, 6.45) is -2.75. The fraction of sp³-hybridized carbons (Fsp3) is 0.182. The number of aromatic nitrogens is 3. The number of fused-ring (bicyclic) bond motifs is 3. The van der Waals surface area contributed by atoms with E-state index in [1.807, 2.05) is 18.2 Å². The Bertz CT molecular complexity index is 1310. The van der Waals surface area contributed by atoms with Crippen LogP contribution in [0.4, 0.5) is 13.2 Å². The molecule has 5 rings (SSSR count). The lowest BCUT2D eigenvalue weighted by molar-refractivity contribution is -0.137. The van der Waals surface area contributed by atoms with Crippen LogP contribution in [0.2, 0.25) is 0 Å². The van der Waals surface area contributed by atoms with E-state index in [0.29, 0.717) is 23.4 Å². The predicted octanol–water partition coefficient (Wildman–Crippen LogP) is 4.40. The molecule has 0 atom stereocenters. The van der Waals surface area contributed by atoms with Crippen LogP contribution >= 0.6 is 12.4 Å². The van der Waals surface area contributed by atoms with Gasteiger partial charge in [0.15, 0.2) is 0 Å². The van der Waals surface area contributed by atoms with E-state index in [0.717, 1.165) is 42.1 Å². The van der Waals surface area contributed by atoms with Crippen LogP contribution in [0.1, 0.15) is 11.4 Å². The van der Waals surface area contributed by atoms with Gasteiger partial charge in [0.1, 0.15) is 5.82 Å². The van der Waals surface area contributed by atoms with Gasteiger partial charge in [0.25, 0.3) is 5.56 Å². The van der Waals surface area contributed by atoms with E-state index < -0.39 is 11.7 Å². The highest BCUT2D eigenvalue weighted by Crippen LogP contribution is 2.30. The number of nitrogens with one attached hydrogen (secondary N) is 1. The number of imidazole rings is 1. The molecule has 0 spiro atoms. The number of hydrogen-bond acceptors (Lipinski definition) is 3. The minimum Gasteiger partial charge on any atom is -0.326 e. The van der Waals surface area contributed by atoms with Gasteiger partial charge < -0.3 is 9.88 Å². The average Bonchev–Trinajstić information content (AvgIpc) is 3.11. The second-order valence-corrected chi connectivity index (χ2v) is 7.23. The molecule has 9 heteroatoms. The van der Waals surface area contributed by atoms with Gasteiger partial charge in [-0.25, -0.2) is 4.98 Å². The molecule has 0 saturated heterocycles. The number of rotatable bonds is 2. The molecule has 0 aliphatic carbocycles. The Morgan fingerprint density at radius 1 is 0.968 bits per heavy atom. The van der Waals surface area contributed by atoms with Gasteiger partial charge in [0.2, 0.25) is 0 Å². The Labute approximate surface area is 181 Å². The van der Waals surface area contributed by atoms with E-state index in [2.05, 4.69) is 14.9 Å². The molecule has 3 heterocycles. The van der Waals surface area contributed by atoms with Crippen molar-refractivity contribution in [3.8, 4) is 16.8 Å². The van der Waals surface area contributed by atoms with Gasteiger partial charge in [-0.3, -0.25) is 9.36 Å². The van der Waals surface area contributed by atoms with Crippen LogP contribution in [-0.2, 0) is 19.3 Å². The van der Waals surface area contributed by atoms with Crippen LogP contribution in [0.15, 0.2) is 65.6 Å². The molecule has 1 aliphatic heterocycles. The Morgan fingerprint density at radius 3 is 2.45 bits per heavy atom. The zero-order valence-electron chi connectivity index (χ0n) is 16.2. The first kappa shape index (κ1) is 21.1. The van der Waals surface area contributed by atoms with Crippen molar-refractivity contribution in [1.29, 1.82) is 0 Å². The quantitative estimate of drug-likeness (QED) is 0.496. The maximum Gasteiger partial charge on any atom is 0.416 e. The summed E-state index contributed by atoms with van der Waals surface area (Å²) in [5.74, 6) is 0.971. The molecule has 0 amide bonds. The summed E-state index contributed by atoms with van der Waals surface area (Å²) in [5, 5.41) is 3.29. The Balaban J connectivity index is 0.00000231. The van der Waals surface area contributed by atoms with Gasteiger partial charge in [0.05, 0.1) is 28.8 Å². The van der Waals surface area contributed by atoms with Crippen molar-refractivity contribution in [2.24, 2.45) is 0 Å². The largest absolute Gasteiger partial charge is 0.416 e. The van der Waals surface area contributed by atoms with Gasteiger partial charge in [-0.1, -0.05) is 12.1 Å². The molecule has 5 nitrogen and oxygen atoms in total. The van der Waals surface area contributed by atoms with Crippen molar-refractivity contribution in [2.45, 2.75) is 19.3 Å². The molecule has 0 fully saturated rings. The Hall–Kier alpha value is -3.10. The maximum atomic E-state index is 12.7. The van der Waals surface area contributed by atoms with Gasteiger partial charge in [-0.05, 0) is 47.5 Å². The van der Waals surface area contributed by atoms with Crippen molar-refractivity contribution < 1.29 is 13.2 Å². The highest BCUT2D eigenvalue weighted by Gasteiger charge is 2.30. The lowest BCUT2D eigenvalue weighted by Gasteiger charge is -2.15. The molecular weight excluding hydrogens is 429 g/mol. The standard InChI is InChI=1S/C22H17F3N4O.ClH/c23-22(24,25)16-3-1-14(2-4-16)15-7-9-28(21(30)11-15)17-5-6-19-18(12-17)27-20-13-26-8-10-29(19)20;/h1-7,9,11-12,26H,8,10,13H2;1H. The topological polar surface area (TPSA) is 51.9 Å². The second kappa shape index (κ2) is 7.86. The summed E-state index contributed by atoms with van der Waals surface area (Å²) >= 11 is 0. The van der Waals surface area contributed by atoms with Gasteiger partial charge in [0, 0.05) is 25.4 Å². The number of hydrogen-bond donors (Lipinski definition) is 1. The third kappa shape index (κ3) is 3.84. The van der Waals surface area contributed by atoms with Crippen molar-refractivity contribution in [1.82, 2.24) is 19.4 Å². The lowest BCUT2D eigenvalue weighted by atomic mass is 10.0. The molecular formula is C22H18ClF3N4O. The van der Waals surface area contributed by atoms with E-state index >= 15 is 0 Å². The normalized spacial score (nSPS) is 13.6. The maximum absolute atomic E-state index is 12.7. The number of benzene rings is 2. The number of nitrogens with zero attached hydrogens (tertiary/aromatic N) is 3. The molecule has 1 N–H and O–H groups in total. The second-order valence-electron chi connectivity index (χ2n) is 7.23. The fourth-order valence-electron chi connectivity index (χ4n) is 3.82. The Morgan fingerprint density at radius 2 is 1.74 bits per heavy atom. The molecule has 0 unspecified atom stereocenters. The SMILES string of the molecule is Cl.O=c1cc(-c2ccc(C(F)(F)F)cc2)ccn1-c1ccc2c(c1)nc1n2CCNC1. The molecule has 0 radical (unpaired) electrons. The van der Waals surface area contributed by atoms with Crippen molar-refractivity contribution in [2.75, 3.05) is 6.54 Å². The van der Waals surface area contributed by atoms with Crippen LogP contribution < -0.4 is 10.9 Å². The molecule has 2 aromatic carbocycles. The first-order valence-corrected chi connectivity index (χ1v) is 9.51. The zero-order chi connectivity index (χ0) is 20.9. The number of pyridine rings is 1. The van der Waals surface area contributed by atoms with Crippen molar-refractivity contribution >= 4 is 23.4 Å². The van der Waals surface area contributed by atoms with Crippen LogP contribution in [0.5, 0.6) is 0 Å². The van der Waals surface area contributed by atoms with Crippen LogP contribution in [-0.4, -0.2) is 20.7 Å². The average molecular weight is 447 g/mol. The summed E-state index contributed by atoms with van der Waals surface area (Å²) in [6, 6.07) is 13.6. The number of alkyl halides is 3. The molecule has 160 valence electrons. The summed E-state index contributed by atoms with van der Waals surface area (Å²) in [5.41, 5.74) is 2.68. The van der Waals surface area contributed by atoms with Gasteiger partial charge >= 0.3 is 6.18 Å². The summed E-state index contributed by atoms with van der Waals surface area (Å²) in [6.45, 7) is 2.46. The molecule has 4 aromatic rings. The first-order chi connectivity index (χ1) is 14.4. The van der Waals surface area contributed by atoms with E-state index in [1.54, 1.807) is 12.3 Å². The molecule has 31 heavy (non-hydrogen) atoms. The monoisotopic (exact) mass is 446 g/mol. The fourth-order valence-corrected chi connectivity index (χ4v) is 3.82. The van der Waals surface area contributed by atoms with E-state index in [1.165, 1.54) is 22.8 Å². The van der Waals surface area contributed by atoms with E-state index in [4.69, 9.17) is 0 Å². The third-order valence-corrected chi connectivity index (χ3v) is 5.35. The minimum atomic E-state index is -4.39. The minimum absolute atomic E-state index is 0. The lowest BCUT2D eigenvalue weighted by Crippen LogP contribution is -2.28. The predicted molar refractivity (Wildman–Crippen MR) is 115 cm³/mol. The smallest absolute Gasteiger partial charge is 0.326 e. The van der Waals surface area contributed by atoms with Crippen LogP contribution in [0.3, 0.4) is 0 Å².